The Labute approximate surface area is 97.3 Å². The zero-order valence-corrected chi connectivity index (χ0v) is 9.13. The normalized spacial score (nSPS) is 20.0. The third-order valence-corrected chi connectivity index (χ3v) is 3.17. The van der Waals surface area contributed by atoms with Crippen LogP contribution in [0.15, 0.2) is 18.6 Å². The molecular formula is C11H12N4O2. The van der Waals surface area contributed by atoms with Crippen molar-refractivity contribution in [3.63, 3.8) is 0 Å². The summed E-state index contributed by atoms with van der Waals surface area (Å²) < 4.78 is 0. The zero-order valence-electron chi connectivity index (χ0n) is 9.13. The van der Waals surface area contributed by atoms with Gasteiger partial charge in [-0.15, -0.1) is 0 Å². The number of fused-ring (bicyclic) bond motifs is 1. The Morgan fingerprint density at radius 2 is 2.41 bits per heavy atom. The molecule has 0 radical (unpaired) electrons. The monoisotopic (exact) mass is 232 g/mol. The summed E-state index contributed by atoms with van der Waals surface area (Å²) in [6, 6.07) is 1.92. The minimum Gasteiger partial charge on any atom is -0.481 e. The zero-order chi connectivity index (χ0) is 11.8. The smallest absolute Gasteiger partial charge is 0.308 e. The number of carboxylic acids is 1. The van der Waals surface area contributed by atoms with Crippen molar-refractivity contribution in [1.82, 2.24) is 15.0 Å². The van der Waals surface area contributed by atoms with Crippen molar-refractivity contribution < 1.29 is 9.90 Å². The average Bonchev–Trinajstić information content (AvgIpc) is 2.97. The van der Waals surface area contributed by atoms with E-state index in [-0.39, 0.29) is 5.92 Å². The maximum Gasteiger partial charge on any atom is 0.308 e. The minimum absolute atomic E-state index is 0.293. The van der Waals surface area contributed by atoms with Crippen LogP contribution in [-0.4, -0.2) is 39.1 Å². The number of aromatic amines is 1. The largest absolute Gasteiger partial charge is 0.481 e. The van der Waals surface area contributed by atoms with Gasteiger partial charge in [0, 0.05) is 19.3 Å². The van der Waals surface area contributed by atoms with Crippen LogP contribution in [0.1, 0.15) is 6.42 Å². The van der Waals surface area contributed by atoms with E-state index in [0.29, 0.717) is 13.0 Å². The van der Waals surface area contributed by atoms with Gasteiger partial charge >= 0.3 is 5.97 Å². The van der Waals surface area contributed by atoms with Crippen molar-refractivity contribution in [3.8, 4) is 0 Å². The molecule has 6 nitrogen and oxygen atoms in total. The number of aromatic nitrogens is 3. The first-order valence-electron chi connectivity index (χ1n) is 5.51. The van der Waals surface area contributed by atoms with Gasteiger partial charge in [0.15, 0.2) is 0 Å². The molecule has 0 aliphatic carbocycles. The lowest BCUT2D eigenvalue weighted by molar-refractivity contribution is -0.140. The molecular weight excluding hydrogens is 220 g/mol. The van der Waals surface area contributed by atoms with E-state index >= 15 is 0 Å². The number of nitrogens with zero attached hydrogens (tertiary/aromatic N) is 3. The Hall–Kier alpha value is -2.11. The standard InChI is InChI=1S/C11H12N4O2/c16-11(17)7-2-4-15(5-7)10-8-1-3-12-9(8)13-6-14-10/h1,3,6-7H,2,4-5H2,(H,16,17)(H,12,13,14)/t7-/m0/s1. The van der Waals surface area contributed by atoms with Gasteiger partial charge in [0.2, 0.25) is 0 Å². The summed E-state index contributed by atoms with van der Waals surface area (Å²) in [5.41, 5.74) is 0.786. The van der Waals surface area contributed by atoms with Crippen molar-refractivity contribution in [2.24, 2.45) is 5.92 Å². The summed E-state index contributed by atoms with van der Waals surface area (Å²) in [4.78, 5) is 24.3. The molecule has 2 aromatic rings. The predicted octanol–water partition coefficient (Wildman–Crippen LogP) is 0.869. The second-order valence-corrected chi connectivity index (χ2v) is 4.21. The van der Waals surface area contributed by atoms with Crippen molar-refractivity contribution in [3.05, 3.63) is 18.6 Å². The highest BCUT2D eigenvalue weighted by atomic mass is 16.4. The Bertz CT molecular complexity index is 565. The maximum absolute atomic E-state index is 10.9. The number of H-pyrrole nitrogens is 1. The third-order valence-electron chi connectivity index (χ3n) is 3.17. The number of carboxylic acid groups (broad SMARTS) is 1. The van der Waals surface area contributed by atoms with Crippen molar-refractivity contribution >= 4 is 22.8 Å². The van der Waals surface area contributed by atoms with E-state index in [1.54, 1.807) is 0 Å². The van der Waals surface area contributed by atoms with Crippen molar-refractivity contribution in [2.75, 3.05) is 18.0 Å². The minimum atomic E-state index is -0.730. The number of aliphatic carboxylic acids is 1. The van der Waals surface area contributed by atoms with Crippen molar-refractivity contribution in [1.29, 1.82) is 0 Å². The molecule has 0 saturated carbocycles. The molecule has 0 bridgehead atoms. The van der Waals surface area contributed by atoms with Crippen LogP contribution in [-0.2, 0) is 4.79 Å². The fraction of sp³-hybridized carbons (Fsp3) is 0.364. The molecule has 0 unspecified atom stereocenters. The van der Waals surface area contributed by atoms with E-state index in [1.165, 1.54) is 6.33 Å². The van der Waals surface area contributed by atoms with Gasteiger partial charge in [0.05, 0.1) is 11.3 Å². The highest BCUT2D eigenvalue weighted by Crippen LogP contribution is 2.27. The molecule has 1 aliphatic rings. The summed E-state index contributed by atoms with van der Waals surface area (Å²) in [6.07, 6.45) is 3.99. The van der Waals surface area contributed by atoms with Gasteiger partial charge in [-0.25, -0.2) is 9.97 Å². The van der Waals surface area contributed by atoms with Gasteiger partial charge in [0.25, 0.3) is 0 Å². The van der Waals surface area contributed by atoms with Crippen LogP contribution in [0.4, 0.5) is 5.82 Å². The van der Waals surface area contributed by atoms with Crippen LogP contribution in [0.3, 0.4) is 0 Å². The number of anilines is 1. The number of hydrogen-bond donors (Lipinski definition) is 2. The van der Waals surface area contributed by atoms with Crippen LogP contribution < -0.4 is 4.90 Å². The number of rotatable bonds is 2. The molecule has 6 heteroatoms. The molecule has 1 aliphatic heterocycles. The van der Waals surface area contributed by atoms with Gasteiger partial charge in [-0.2, -0.15) is 0 Å². The highest BCUT2D eigenvalue weighted by Gasteiger charge is 2.29. The molecule has 17 heavy (non-hydrogen) atoms. The highest BCUT2D eigenvalue weighted by molar-refractivity contribution is 5.87. The summed E-state index contributed by atoms with van der Waals surface area (Å²) in [7, 11) is 0. The first-order valence-corrected chi connectivity index (χ1v) is 5.51. The Kier molecular flexibility index (Phi) is 2.21. The Morgan fingerprint density at radius 1 is 1.53 bits per heavy atom. The topological polar surface area (TPSA) is 82.1 Å². The molecule has 0 aromatic carbocycles. The quantitative estimate of drug-likeness (QED) is 0.802. The number of nitrogens with one attached hydrogen (secondary N) is 1. The molecule has 1 fully saturated rings. The molecule has 3 heterocycles. The maximum atomic E-state index is 10.9. The van der Waals surface area contributed by atoms with E-state index < -0.39 is 5.97 Å². The van der Waals surface area contributed by atoms with E-state index in [2.05, 4.69) is 15.0 Å². The lowest BCUT2D eigenvalue weighted by Crippen LogP contribution is -2.23. The molecule has 0 amide bonds. The van der Waals surface area contributed by atoms with Gasteiger partial charge < -0.3 is 15.0 Å². The predicted molar refractivity (Wildman–Crippen MR) is 61.8 cm³/mol. The lowest BCUT2D eigenvalue weighted by atomic mass is 10.1. The fourth-order valence-corrected chi connectivity index (χ4v) is 2.26. The van der Waals surface area contributed by atoms with Crippen LogP contribution >= 0.6 is 0 Å². The van der Waals surface area contributed by atoms with Gasteiger partial charge in [-0.3, -0.25) is 4.79 Å². The third kappa shape index (κ3) is 1.61. The first kappa shape index (κ1) is 10.1. The summed E-state index contributed by atoms with van der Waals surface area (Å²) >= 11 is 0. The van der Waals surface area contributed by atoms with E-state index in [0.717, 1.165) is 23.4 Å². The first-order chi connectivity index (χ1) is 8.25. The second-order valence-electron chi connectivity index (χ2n) is 4.21. The van der Waals surface area contributed by atoms with Crippen LogP contribution in [0, 0.1) is 5.92 Å². The molecule has 0 spiro atoms. The van der Waals surface area contributed by atoms with Crippen LogP contribution in [0.2, 0.25) is 0 Å². The Balaban J connectivity index is 1.95. The number of hydrogen-bond acceptors (Lipinski definition) is 4. The van der Waals surface area contributed by atoms with E-state index in [1.807, 2.05) is 17.2 Å². The van der Waals surface area contributed by atoms with Gasteiger partial charge in [-0.1, -0.05) is 0 Å². The van der Waals surface area contributed by atoms with E-state index in [9.17, 15) is 4.79 Å². The molecule has 2 N–H and O–H groups in total. The van der Waals surface area contributed by atoms with Crippen LogP contribution in [0.5, 0.6) is 0 Å². The summed E-state index contributed by atoms with van der Waals surface area (Å²) in [5.74, 6) is -0.203. The molecule has 1 atom stereocenters. The summed E-state index contributed by atoms with van der Waals surface area (Å²) in [6.45, 7) is 1.25. The molecule has 1 saturated heterocycles. The van der Waals surface area contributed by atoms with Crippen molar-refractivity contribution in [2.45, 2.75) is 6.42 Å². The molecule has 2 aromatic heterocycles. The van der Waals surface area contributed by atoms with E-state index in [4.69, 9.17) is 5.11 Å². The van der Waals surface area contributed by atoms with Gasteiger partial charge in [0.1, 0.15) is 17.8 Å². The Morgan fingerprint density at radius 3 is 3.18 bits per heavy atom. The summed E-state index contributed by atoms with van der Waals surface area (Å²) in [5, 5.41) is 9.93. The SMILES string of the molecule is O=C(O)[C@H]1CCN(c2ncnc3[nH]ccc23)C1. The van der Waals surface area contributed by atoms with Gasteiger partial charge in [-0.05, 0) is 12.5 Å². The molecule has 88 valence electrons. The molecule has 3 rings (SSSR count). The van der Waals surface area contributed by atoms with Crippen LogP contribution in [0.25, 0.3) is 11.0 Å². The average molecular weight is 232 g/mol. The lowest BCUT2D eigenvalue weighted by Gasteiger charge is -2.17. The second kappa shape index (κ2) is 3.73. The number of carbonyl (C=O) groups is 1. The fourth-order valence-electron chi connectivity index (χ4n) is 2.26.